The van der Waals surface area contributed by atoms with E-state index in [1.807, 2.05) is 11.3 Å². The minimum atomic E-state index is 0.852. The highest BCUT2D eigenvalue weighted by Gasteiger charge is 2.12. The lowest BCUT2D eigenvalue weighted by molar-refractivity contribution is 0.959. The van der Waals surface area contributed by atoms with Crippen LogP contribution in [0.2, 0.25) is 0 Å². The quantitative estimate of drug-likeness (QED) is 0.276. The number of nitrogens with zero attached hydrogens (tertiary/aromatic N) is 1. The van der Waals surface area contributed by atoms with E-state index in [4.69, 9.17) is 0 Å². The van der Waals surface area contributed by atoms with Crippen molar-refractivity contribution in [3.8, 4) is 11.1 Å². The molecule has 5 rings (SSSR count). The summed E-state index contributed by atoms with van der Waals surface area (Å²) in [6.07, 6.45) is 4.28. The van der Waals surface area contributed by atoms with Gasteiger partial charge in [0.15, 0.2) is 0 Å². The maximum absolute atomic E-state index is 2.33. The molecule has 0 aliphatic rings. The number of rotatable bonds is 5. The van der Waals surface area contributed by atoms with Crippen LogP contribution in [-0.4, -0.2) is 0 Å². The Morgan fingerprint density at radius 2 is 1.45 bits per heavy atom. The molecule has 0 spiro atoms. The molecule has 0 atom stereocenters. The van der Waals surface area contributed by atoms with Crippen LogP contribution < -0.4 is 4.90 Å². The Morgan fingerprint density at radius 3 is 2.23 bits per heavy atom. The number of thiophene rings is 1. The molecule has 2 heteroatoms. The highest BCUT2D eigenvalue weighted by atomic mass is 32.1. The highest BCUT2D eigenvalue weighted by molar-refractivity contribution is 7.26. The predicted octanol–water partition coefficient (Wildman–Crippen LogP) is 8.57. The van der Waals surface area contributed by atoms with E-state index in [9.17, 15) is 0 Å². The van der Waals surface area contributed by atoms with Crippen molar-refractivity contribution in [3.63, 3.8) is 0 Å². The van der Waals surface area contributed by atoms with Gasteiger partial charge in [-0.25, -0.2) is 0 Å². The summed E-state index contributed by atoms with van der Waals surface area (Å²) in [6.45, 7) is 5.19. The van der Waals surface area contributed by atoms with Crippen LogP contribution in [-0.2, 0) is 6.54 Å². The largest absolute Gasteiger partial charge is 0.344 e. The van der Waals surface area contributed by atoms with E-state index in [0.29, 0.717) is 0 Å². The number of allylic oxidation sites excluding steroid dienone is 1. The Balaban J connectivity index is 1.48. The van der Waals surface area contributed by atoms with Gasteiger partial charge in [0.2, 0.25) is 0 Å². The number of hydrogen-bond donors (Lipinski definition) is 0. The van der Waals surface area contributed by atoms with Gasteiger partial charge in [-0.1, -0.05) is 78.9 Å². The lowest BCUT2D eigenvalue weighted by Crippen LogP contribution is -2.16. The van der Waals surface area contributed by atoms with Gasteiger partial charge in [-0.15, -0.1) is 11.3 Å². The minimum Gasteiger partial charge on any atom is -0.344 e. The molecule has 0 saturated heterocycles. The van der Waals surface area contributed by atoms with E-state index >= 15 is 0 Å². The maximum atomic E-state index is 2.33. The number of hydrogen-bond acceptors (Lipinski definition) is 2. The molecule has 0 bridgehead atoms. The number of anilines is 1. The molecule has 0 aliphatic heterocycles. The van der Waals surface area contributed by atoms with Crippen LogP contribution in [0.5, 0.6) is 0 Å². The molecule has 4 aromatic carbocycles. The molecule has 0 amide bonds. The van der Waals surface area contributed by atoms with Crippen LogP contribution in [0.25, 0.3) is 31.3 Å². The first kappa shape index (κ1) is 19.6. The molecule has 5 aromatic rings. The van der Waals surface area contributed by atoms with Crippen molar-refractivity contribution in [1.82, 2.24) is 0 Å². The van der Waals surface area contributed by atoms with Crippen molar-refractivity contribution in [2.75, 3.05) is 4.90 Å². The fourth-order valence-electron chi connectivity index (χ4n) is 4.20. The first-order valence-corrected chi connectivity index (χ1v) is 11.5. The van der Waals surface area contributed by atoms with Gasteiger partial charge >= 0.3 is 0 Å². The molecule has 1 heterocycles. The monoisotopic (exact) mass is 419 g/mol. The summed E-state index contributed by atoms with van der Waals surface area (Å²) in [6, 6.07) is 32.7. The number of benzene rings is 4. The molecule has 1 nitrogen and oxygen atoms in total. The lowest BCUT2D eigenvalue weighted by atomic mass is 10.0. The Kier molecular flexibility index (Phi) is 5.31. The fourth-order valence-corrected chi connectivity index (χ4v) is 5.43. The van der Waals surface area contributed by atoms with Gasteiger partial charge in [-0.05, 0) is 54.3 Å². The van der Waals surface area contributed by atoms with E-state index in [1.54, 1.807) is 0 Å². The van der Waals surface area contributed by atoms with Crippen molar-refractivity contribution < 1.29 is 0 Å². The van der Waals surface area contributed by atoms with Crippen molar-refractivity contribution in [2.45, 2.75) is 20.4 Å². The fraction of sp³-hybridized carbons (Fsp3) is 0.103. The zero-order valence-corrected chi connectivity index (χ0v) is 18.7. The molecule has 31 heavy (non-hydrogen) atoms. The molecule has 0 unspecified atom stereocenters. The molecule has 0 fully saturated rings. The standard InChI is InChI=1S/C29H25NS/c1-3-19-30(25-16-13-23(14-17-25)22-9-5-4-6-10-22)20-24-15-18-27-26-11-7-8-12-28(26)31-29(27)21(24)2/h3-19H,20H2,1-2H3/b19-3+. The molecule has 0 saturated carbocycles. The molecule has 0 radical (unpaired) electrons. The Hall–Kier alpha value is -3.36. The molecular weight excluding hydrogens is 394 g/mol. The van der Waals surface area contributed by atoms with Crippen LogP contribution in [0.3, 0.4) is 0 Å². The second kappa shape index (κ2) is 8.41. The van der Waals surface area contributed by atoms with Crippen LogP contribution in [0.15, 0.2) is 103 Å². The predicted molar refractivity (Wildman–Crippen MR) is 137 cm³/mol. The van der Waals surface area contributed by atoms with Gasteiger partial charge in [0.05, 0.1) is 0 Å². The number of fused-ring (bicyclic) bond motifs is 3. The van der Waals surface area contributed by atoms with Crippen molar-refractivity contribution >= 4 is 37.2 Å². The summed E-state index contributed by atoms with van der Waals surface area (Å²) >= 11 is 1.90. The smallest absolute Gasteiger partial charge is 0.0478 e. The molecule has 0 N–H and O–H groups in total. The summed E-state index contributed by atoms with van der Waals surface area (Å²) in [7, 11) is 0. The Morgan fingerprint density at radius 1 is 0.742 bits per heavy atom. The molecule has 152 valence electrons. The summed E-state index contributed by atoms with van der Waals surface area (Å²) in [5.41, 5.74) is 6.44. The molecule has 1 aromatic heterocycles. The van der Waals surface area contributed by atoms with Gasteiger partial charge in [0.25, 0.3) is 0 Å². The zero-order chi connectivity index (χ0) is 21.2. The third-order valence-electron chi connectivity index (χ3n) is 5.88. The Labute approximate surface area is 187 Å². The summed E-state index contributed by atoms with van der Waals surface area (Å²) in [5.74, 6) is 0. The lowest BCUT2D eigenvalue weighted by Gasteiger charge is -2.22. The second-order valence-electron chi connectivity index (χ2n) is 7.85. The van der Waals surface area contributed by atoms with E-state index in [-0.39, 0.29) is 0 Å². The first-order valence-electron chi connectivity index (χ1n) is 10.7. The SMILES string of the molecule is C/C=C/N(Cc1ccc2c(sc3ccccc32)c1C)c1ccc(-c2ccccc2)cc1. The van der Waals surface area contributed by atoms with Gasteiger partial charge in [-0.2, -0.15) is 0 Å². The van der Waals surface area contributed by atoms with Gasteiger partial charge < -0.3 is 4.90 Å². The summed E-state index contributed by atoms with van der Waals surface area (Å²) in [4.78, 5) is 2.33. The highest BCUT2D eigenvalue weighted by Crippen LogP contribution is 2.37. The van der Waals surface area contributed by atoms with Gasteiger partial charge in [0, 0.05) is 38.6 Å². The van der Waals surface area contributed by atoms with E-state index in [1.165, 1.54) is 48.1 Å². The summed E-state index contributed by atoms with van der Waals surface area (Å²) < 4.78 is 2.76. The third-order valence-corrected chi connectivity index (χ3v) is 7.19. The number of aryl methyl sites for hydroxylation is 1. The van der Waals surface area contributed by atoms with Gasteiger partial charge in [0.1, 0.15) is 0 Å². The second-order valence-corrected chi connectivity index (χ2v) is 8.90. The van der Waals surface area contributed by atoms with Crippen molar-refractivity contribution in [3.05, 3.63) is 114 Å². The van der Waals surface area contributed by atoms with Crippen LogP contribution >= 0.6 is 11.3 Å². The molecular formula is C29H25NS. The van der Waals surface area contributed by atoms with Gasteiger partial charge in [-0.3, -0.25) is 0 Å². The van der Waals surface area contributed by atoms with E-state index in [2.05, 4.69) is 122 Å². The van der Waals surface area contributed by atoms with E-state index in [0.717, 1.165) is 6.54 Å². The van der Waals surface area contributed by atoms with Crippen LogP contribution in [0, 0.1) is 6.92 Å². The average molecular weight is 420 g/mol. The van der Waals surface area contributed by atoms with E-state index < -0.39 is 0 Å². The normalized spacial score (nSPS) is 11.5. The summed E-state index contributed by atoms with van der Waals surface area (Å²) in [5, 5.41) is 2.73. The van der Waals surface area contributed by atoms with Crippen LogP contribution in [0.4, 0.5) is 5.69 Å². The van der Waals surface area contributed by atoms with Crippen molar-refractivity contribution in [1.29, 1.82) is 0 Å². The van der Waals surface area contributed by atoms with Crippen molar-refractivity contribution in [2.24, 2.45) is 0 Å². The third kappa shape index (κ3) is 3.75. The van der Waals surface area contributed by atoms with Crippen LogP contribution in [0.1, 0.15) is 18.1 Å². The average Bonchev–Trinajstić information content (AvgIpc) is 3.21. The maximum Gasteiger partial charge on any atom is 0.0478 e. The molecule has 0 aliphatic carbocycles. The first-order chi connectivity index (χ1) is 15.2. The topological polar surface area (TPSA) is 3.24 Å². The minimum absolute atomic E-state index is 0.852. The Bertz CT molecular complexity index is 1360. The zero-order valence-electron chi connectivity index (χ0n) is 17.9.